The molecule has 30 heavy (non-hydrogen) atoms. The minimum absolute atomic E-state index is 0.0153. The van der Waals surface area contributed by atoms with Gasteiger partial charge in [-0.25, -0.2) is 4.98 Å². The van der Waals surface area contributed by atoms with Crippen LogP contribution < -0.4 is 11.1 Å². The van der Waals surface area contributed by atoms with Crippen molar-refractivity contribution in [2.24, 2.45) is 0 Å². The lowest BCUT2D eigenvalue weighted by molar-refractivity contribution is 0.212. The number of nitrogens with one attached hydrogen (secondary N) is 1. The molecule has 7 nitrogen and oxygen atoms in total. The van der Waals surface area contributed by atoms with E-state index in [-0.39, 0.29) is 12.6 Å². The van der Waals surface area contributed by atoms with Crippen LogP contribution in [0, 0.1) is 0 Å². The molecule has 0 aliphatic carbocycles. The first-order valence-electron chi connectivity index (χ1n) is 10.4. The number of hydrogen-bond acceptors (Lipinski definition) is 7. The maximum atomic E-state index is 9.96. The molecule has 1 atom stereocenters. The number of hydrogen-bond donors (Lipinski definition) is 3. The molecule has 0 spiro atoms. The highest BCUT2D eigenvalue weighted by atomic mass is 16.3. The molecule has 3 aromatic rings. The zero-order chi connectivity index (χ0) is 21.7. The fourth-order valence-corrected chi connectivity index (χ4v) is 3.62. The molecule has 0 fully saturated rings. The maximum Gasteiger partial charge on any atom is 0.222 e. The number of anilines is 2. The quantitative estimate of drug-likeness (QED) is 0.496. The molecule has 7 heteroatoms. The summed E-state index contributed by atoms with van der Waals surface area (Å²) in [5, 5.41) is 14.3. The highest BCUT2D eigenvalue weighted by molar-refractivity contribution is 5.93. The highest BCUT2D eigenvalue weighted by Crippen LogP contribution is 2.31. The summed E-state index contributed by atoms with van der Waals surface area (Å²) in [6.45, 7) is 4.96. The third kappa shape index (κ3) is 5.04. The van der Waals surface area contributed by atoms with E-state index < -0.39 is 5.54 Å². The van der Waals surface area contributed by atoms with Gasteiger partial charge in [-0.15, -0.1) is 0 Å². The van der Waals surface area contributed by atoms with Crippen LogP contribution in [0.25, 0.3) is 22.0 Å². The second kappa shape index (κ2) is 9.36. The Kier molecular flexibility index (Phi) is 6.84. The molecule has 3 rings (SSSR count). The number of unbranched alkanes of at least 4 members (excludes halogenated alkanes) is 1. The summed E-state index contributed by atoms with van der Waals surface area (Å²) in [7, 11) is 4.08. The first kappa shape index (κ1) is 21.9. The number of aliphatic hydroxyl groups is 1. The van der Waals surface area contributed by atoms with E-state index in [2.05, 4.69) is 38.2 Å². The van der Waals surface area contributed by atoms with E-state index in [1.54, 1.807) is 6.20 Å². The first-order valence-corrected chi connectivity index (χ1v) is 10.4. The van der Waals surface area contributed by atoms with Crippen molar-refractivity contribution in [1.29, 1.82) is 0 Å². The Morgan fingerprint density at radius 2 is 2.00 bits per heavy atom. The molecular formula is C23H32N6O. The van der Waals surface area contributed by atoms with Gasteiger partial charge < -0.3 is 21.1 Å². The standard InChI is InChI=1S/C23H32N6O/c1-5-6-10-23(2,15-30)28-21-19-8-7-16(12-20(19)26-22(24)27-21)18-9-11-25-13-17(18)14-29(3)4/h7-9,11-13,30H,5-6,10,14-15H2,1-4H3,(H3,24,26,27,28)/t23-/m1/s1. The van der Waals surface area contributed by atoms with Gasteiger partial charge in [0.05, 0.1) is 17.7 Å². The van der Waals surface area contributed by atoms with Crippen LogP contribution >= 0.6 is 0 Å². The summed E-state index contributed by atoms with van der Waals surface area (Å²) >= 11 is 0. The third-order valence-electron chi connectivity index (χ3n) is 5.27. The van der Waals surface area contributed by atoms with E-state index in [1.807, 2.05) is 45.4 Å². The molecule has 2 aromatic heterocycles. The van der Waals surface area contributed by atoms with Gasteiger partial charge in [-0.3, -0.25) is 4.98 Å². The molecule has 160 valence electrons. The lowest BCUT2D eigenvalue weighted by atomic mass is 9.95. The smallest absolute Gasteiger partial charge is 0.222 e. The minimum Gasteiger partial charge on any atom is -0.394 e. The number of nitrogens with two attached hydrogens (primary N) is 1. The minimum atomic E-state index is -0.466. The van der Waals surface area contributed by atoms with Gasteiger partial charge in [-0.1, -0.05) is 25.8 Å². The third-order valence-corrected chi connectivity index (χ3v) is 5.27. The van der Waals surface area contributed by atoms with Crippen molar-refractivity contribution in [3.05, 3.63) is 42.2 Å². The van der Waals surface area contributed by atoms with Crippen LogP contribution in [-0.4, -0.2) is 51.2 Å². The normalized spacial score (nSPS) is 13.5. The first-order chi connectivity index (χ1) is 14.3. The van der Waals surface area contributed by atoms with Crippen LogP contribution in [0.1, 0.15) is 38.7 Å². The summed E-state index contributed by atoms with van der Waals surface area (Å²) in [6, 6.07) is 8.15. The summed E-state index contributed by atoms with van der Waals surface area (Å²) in [5.41, 5.74) is 9.66. The molecule has 0 aliphatic heterocycles. The molecule has 0 unspecified atom stereocenters. The molecule has 1 aromatic carbocycles. The molecule has 0 radical (unpaired) electrons. The molecule has 4 N–H and O–H groups in total. The van der Waals surface area contributed by atoms with Crippen LogP contribution in [0.2, 0.25) is 0 Å². The van der Waals surface area contributed by atoms with Crippen molar-refractivity contribution in [3.8, 4) is 11.1 Å². The Labute approximate surface area is 178 Å². The maximum absolute atomic E-state index is 9.96. The topological polar surface area (TPSA) is 100 Å². The van der Waals surface area contributed by atoms with Crippen LogP contribution in [0.4, 0.5) is 11.8 Å². The van der Waals surface area contributed by atoms with Gasteiger partial charge in [0.2, 0.25) is 5.95 Å². The zero-order valence-electron chi connectivity index (χ0n) is 18.3. The number of nitrogens with zero attached hydrogens (tertiary/aromatic N) is 4. The van der Waals surface area contributed by atoms with E-state index in [4.69, 9.17) is 5.73 Å². The van der Waals surface area contributed by atoms with Crippen molar-refractivity contribution in [2.45, 2.75) is 45.2 Å². The van der Waals surface area contributed by atoms with Crippen LogP contribution in [0.15, 0.2) is 36.7 Å². The molecule has 0 aliphatic rings. The number of nitrogen functional groups attached to an aromatic ring is 1. The number of aromatic nitrogens is 3. The molecular weight excluding hydrogens is 376 g/mol. The monoisotopic (exact) mass is 408 g/mol. The summed E-state index contributed by atoms with van der Waals surface area (Å²) in [6.07, 6.45) is 6.63. The van der Waals surface area contributed by atoms with Gasteiger partial charge in [-0.2, -0.15) is 4.98 Å². The Morgan fingerprint density at radius 1 is 1.20 bits per heavy atom. The molecule has 0 bridgehead atoms. The van der Waals surface area contributed by atoms with Crippen molar-refractivity contribution in [1.82, 2.24) is 19.9 Å². The fraction of sp³-hybridized carbons (Fsp3) is 0.435. The van der Waals surface area contributed by atoms with E-state index in [0.717, 1.165) is 53.4 Å². The Bertz CT molecular complexity index is 1010. The number of fused-ring (bicyclic) bond motifs is 1. The van der Waals surface area contributed by atoms with E-state index >= 15 is 0 Å². The lowest BCUT2D eigenvalue weighted by Gasteiger charge is -2.30. The average molecular weight is 409 g/mol. The van der Waals surface area contributed by atoms with Crippen LogP contribution in [0.3, 0.4) is 0 Å². The summed E-state index contributed by atoms with van der Waals surface area (Å²) in [5.74, 6) is 0.862. The largest absolute Gasteiger partial charge is 0.394 e. The number of pyridine rings is 1. The number of rotatable bonds is 9. The number of aliphatic hydroxyl groups excluding tert-OH is 1. The Balaban J connectivity index is 2.03. The molecule has 0 amide bonds. The van der Waals surface area contributed by atoms with Gasteiger partial charge in [0.25, 0.3) is 0 Å². The van der Waals surface area contributed by atoms with Crippen LogP contribution in [0.5, 0.6) is 0 Å². The second-order valence-corrected chi connectivity index (χ2v) is 8.38. The zero-order valence-corrected chi connectivity index (χ0v) is 18.3. The highest BCUT2D eigenvalue weighted by Gasteiger charge is 2.24. The summed E-state index contributed by atoms with van der Waals surface area (Å²) in [4.78, 5) is 15.3. The van der Waals surface area contributed by atoms with Gasteiger partial charge in [-0.05, 0) is 62.3 Å². The van der Waals surface area contributed by atoms with Crippen LogP contribution in [-0.2, 0) is 6.54 Å². The number of benzene rings is 1. The average Bonchev–Trinajstić information content (AvgIpc) is 2.71. The predicted molar refractivity (Wildman–Crippen MR) is 123 cm³/mol. The second-order valence-electron chi connectivity index (χ2n) is 8.38. The van der Waals surface area contributed by atoms with Crippen molar-refractivity contribution in [2.75, 3.05) is 31.8 Å². The Hall–Kier alpha value is -2.77. The molecule has 2 heterocycles. The Morgan fingerprint density at radius 3 is 2.70 bits per heavy atom. The summed E-state index contributed by atoms with van der Waals surface area (Å²) < 4.78 is 0. The predicted octanol–water partition coefficient (Wildman–Crippen LogP) is 3.69. The van der Waals surface area contributed by atoms with Gasteiger partial charge in [0.1, 0.15) is 5.82 Å². The molecule has 0 saturated carbocycles. The van der Waals surface area contributed by atoms with Crippen molar-refractivity contribution in [3.63, 3.8) is 0 Å². The van der Waals surface area contributed by atoms with Gasteiger partial charge in [0.15, 0.2) is 0 Å². The SMILES string of the molecule is CCCC[C@](C)(CO)Nc1nc(N)nc2cc(-c3ccncc3CN(C)C)ccc12. The van der Waals surface area contributed by atoms with Gasteiger partial charge in [0, 0.05) is 24.3 Å². The fourth-order valence-electron chi connectivity index (χ4n) is 3.62. The van der Waals surface area contributed by atoms with Crippen molar-refractivity contribution >= 4 is 22.7 Å². The van der Waals surface area contributed by atoms with E-state index in [0.29, 0.717) is 5.82 Å². The van der Waals surface area contributed by atoms with E-state index in [1.165, 1.54) is 0 Å². The van der Waals surface area contributed by atoms with Gasteiger partial charge >= 0.3 is 0 Å². The van der Waals surface area contributed by atoms with Crippen molar-refractivity contribution < 1.29 is 5.11 Å². The lowest BCUT2D eigenvalue weighted by Crippen LogP contribution is -2.39. The molecule has 0 saturated heterocycles. The van der Waals surface area contributed by atoms with E-state index in [9.17, 15) is 5.11 Å².